The molecule has 0 fully saturated rings. The van der Waals surface area contributed by atoms with Crippen LogP contribution >= 0.6 is 0 Å². The number of hydrogen-bond acceptors (Lipinski definition) is 0. The predicted octanol–water partition coefficient (Wildman–Crippen LogP) is 5.66. The molecule has 0 aliphatic carbocycles. The second kappa shape index (κ2) is 11.8. The Hall–Kier alpha value is -4.73. The molecule has 0 amide bonds. The van der Waals surface area contributed by atoms with Gasteiger partial charge in [-0.1, -0.05) is 173 Å². The van der Waals surface area contributed by atoms with Gasteiger partial charge in [0, 0.05) is 5.56 Å². The zero-order valence-corrected chi connectivity index (χ0v) is 29.8. The van der Waals surface area contributed by atoms with E-state index in [-0.39, 0.29) is 0 Å². The molecule has 1 aliphatic rings. The zero-order valence-electron chi connectivity index (χ0n) is 28.8. The van der Waals surface area contributed by atoms with Gasteiger partial charge in [-0.15, -0.1) is 16.4 Å². The van der Waals surface area contributed by atoms with Crippen molar-refractivity contribution < 1.29 is 4.49 Å². The molecule has 0 saturated carbocycles. The predicted molar refractivity (Wildman–Crippen MR) is 207 cm³/mol. The molecule has 0 aromatic heterocycles. The molecule has 0 unspecified atom stereocenters. The first-order chi connectivity index (χ1) is 22.7. The Morgan fingerprint density at radius 2 is 0.787 bits per heavy atom. The van der Waals surface area contributed by atoms with E-state index in [1.54, 1.807) is 0 Å². The van der Waals surface area contributed by atoms with Crippen LogP contribution in [-0.4, -0.2) is 31.2 Å². The Kier molecular flexibility index (Phi) is 7.77. The molecule has 0 radical (unpaired) electrons. The van der Waals surface area contributed by atoms with Crippen molar-refractivity contribution in [2.45, 2.75) is 41.5 Å². The average molecular weight is 626 g/mol. The average Bonchev–Trinajstić information content (AvgIpc) is 3.30. The second-order valence-corrected chi connectivity index (χ2v) is 17.5. The maximum atomic E-state index is 2.79. The Morgan fingerprint density at radius 3 is 1.17 bits per heavy atom. The summed E-state index contributed by atoms with van der Waals surface area (Å²) in [5.41, 5.74) is 13.8. The molecule has 0 bridgehead atoms. The fraction of sp³-hybridized carbons (Fsp3) is 0.159. The highest BCUT2D eigenvalue weighted by atomic mass is 28.3. The van der Waals surface area contributed by atoms with E-state index >= 15 is 0 Å². The lowest BCUT2D eigenvalue weighted by Gasteiger charge is -2.41. The number of aryl methyl sites for hydroxylation is 6. The maximum absolute atomic E-state index is 2.89. The number of rotatable bonds is 6. The molecule has 1 heterocycles. The Morgan fingerprint density at radius 1 is 0.447 bits per heavy atom. The van der Waals surface area contributed by atoms with Crippen LogP contribution in [0.2, 0.25) is 0 Å². The lowest BCUT2D eigenvalue weighted by Crippen LogP contribution is -2.77. The van der Waals surface area contributed by atoms with E-state index in [0.29, 0.717) is 0 Å². The fourth-order valence-corrected chi connectivity index (χ4v) is 14.9. The van der Waals surface area contributed by atoms with Crippen LogP contribution in [0.3, 0.4) is 0 Å². The molecule has 0 atom stereocenters. The SMILES string of the molecule is Cc1cc(C)c([B-]2(c3c(C)cc(C)cc3C)c3ccccc3C([Si](c3ccccc3)(c3ccccc3)c3ccccc3)=[N+]2C)c(C)c1. The molecule has 3 heteroatoms. The van der Waals surface area contributed by atoms with Crippen molar-refractivity contribution in [3.05, 3.63) is 178 Å². The van der Waals surface area contributed by atoms with E-state index in [1.165, 1.54) is 76.2 Å². The van der Waals surface area contributed by atoms with Gasteiger partial charge in [0.15, 0.2) is 0 Å². The topological polar surface area (TPSA) is 3.01 Å². The fourth-order valence-electron chi connectivity index (χ4n) is 9.65. The summed E-state index contributed by atoms with van der Waals surface area (Å²) in [6.45, 7) is 13.8. The van der Waals surface area contributed by atoms with Crippen LogP contribution in [-0.2, 0) is 0 Å². The zero-order chi connectivity index (χ0) is 32.9. The molecule has 0 saturated heterocycles. The summed E-state index contributed by atoms with van der Waals surface area (Å²) in [5, 5.41) is 5.65. The van der Waals surface area contributed by atoms with Crippen molar-refractivity contribution in [1.29, 1.82) is 0 Å². The number of fused-ring (bicyclic) bond motifs is 1. The molecule has 1 aliphatic heterocycles. The monoisotopic (exact) mass is 625 g/mol. The summed E-state index contributed by atoms with van der Waals surface area (Å²) in [6.07, 6.45) is -1.59. The van der Waals surface area contributed by atoms with E-state index in [4.69, 9.17) is 0 Å². The van der Waals surface area contributed by atoms with Gasteiger partial charge in [0.25, 0.3) is 8.07 Å². The third-order valence-electron chi connectivity index (χ3n) is 10.9. The van der Waals surface area contributed by atoms with Crippen molar-refractivity contribution in [3.8, 4) is 0 Å². The summed E-state index contributed by atoms with van der Waals surface area (Å²) >= 11 is 0. The summed E-state index contributed by atoms with van der Waals surface area (Å²) in [6, 6.07) is 53.1. The summed E-state index contributed by atoms with van der Waals surface area (Å²) in [4.78, 5) is 0. The Labute approximate surface area is 282 Å². The normalized spacial score (nSPS) is 13.9. The highest BCUT2D eigenvalue weighted by Crippen LogP contribution is 2.28. The summed E-state index contributed by atoms with van der Waals surface area (Å²) in [7, 11) is -0.473. The van der Waals surface area contributed by atoms with E-state index in [0.717, 1.165) is 0 Å². The third kappa shape index (κ3) is 4.55. The lowest BCUT2D eigenvalue weighted by molar-refractivity contribution is -0.348. The highest BCUT2D eigenvalue weighted by Gasteiger charge is 2.59. The molecule has 0 N–H and O–H groups in total. The maximum Gasteiger partial charge on any atom is 0.356 e. The van der Waals surface area contributed by atoms with E-state index in [2.05, 4.69) is 193 Å². The van der Waals surface area contributed by atoms with Gasteiger partial charge in [-0.2, -0.15) is 0 Å². The van der Waals surface area contributed by atoms with E-state index in [1.807, 2.05) is 0 Å². The minimum Gasteiger partial charge on any atom is -0.449 e. The highest BCUT2D eigenvalue weighted by molar-refractivity contribution is 7.32. The van der Waals surface area contributed by atoms with Gasteiger partial charge in [-0.25, -0.2) is 0 Å². The molecule has 6 aromatic carbocycles. The molecule has 7 rings (SSSR count). The molecular weight excluding hydrogens is 581 g/mol. The van der Waals surface area contributed by atoms with Crippen LogP contribution in [0, 0.1) is 41.5 Å². The first kappa shape index (κ1) is 30.9. The summed E-state index contributed by atoms with van der Waals surface area (Å²) in [5.74, 6) is 0. The van der Waals surface area contributed by atoms with Gasteiger partial charge in [0.2, 0.25) is 0 Å². The van der Waals surface area contributed by atoms with Crippen LogP contribution < -0.4 is 31.9 Å². The summed E-state index contributed by atoms with van der Waals surface area (Å²) < 4.78 is 2.79. The molecule has 1 nitrogen and oxygen atoms in total. The molecule has 232 valence electrons. The smallest absolute Gasteiger partial charge is 0.356 e. The van der Waals surface area contributed by atoms with E-state index in [9.17, 15) is 0 Å². The van der Waals surface area contributed by atoms with Gasteiger partial charge in [-0.3, -0.25) is 0 Å². The van der Waals surface area contributed by atoms with Gasteiger partial charge < -0.3 is 4.49 Å². The van der Waals surface area contributed by atoms with Crippen LogP contribution in [0.25, 0.3) is 0 Å². The van der Waals surface area contributed by atoms with Crippen molar-refractivity contribution in [3.63, 3.8) is 0 Å². The number of hydrogen-bond donors (Lipinski definition) is 0. The van der Waals surface area contributed by atoms with Crippen LogP contribution in [0.1, 0.15) is 38.9 Å². The van der Waals surface area contributed by atoms with Crippen molar-refractivity contribution >= 4 is 51.6 Å². The molecule has 0 spiro atoms. The Bertz CT molecular complexity index is 1950. The first-order valence-electron chi connectivity index (χ1n) is 16.9. The standard InChI is InChI=1S/C44H44BNSi/c1-31-27-33(3)42(34(4)28-31)45(43-35(5)29-32(2)30-36(43)6)41-26-18-17-25-40(41)44(46(45)7)47(37-19-11-8-12-20-37,38-21-13-9-14-22-38)39-23-15-10-16-24-39/h8-30H,1-7H3. The van der Waals surface area contributed by atoms with Gasteiger partial charge in [0.1, 0.15) is 5.33 Å². The van der Waals surface area contributed by atoms with E-state index < -0.39 is 14.4 Å². The third-order valence-corrected chi connectivity index (χ3v) is 15.8. The Balaban J connectivity index is 1.78. The van der Waals surface area contributed by atoms with Crippen LogP contribution in [0.4, 0.5) is 0 Å². The van der Waals surface area contributed by atoms with Gasteiger partial charge in [0.05, 0.1) is 7.05 Å². The minimum absolute atomic E-state index is 1.31. The minimum atomic E-state index is -2.89. The van der Waals surface area contributed by atoms with Crippen molar-refractivity contribution in [1.82, 2.24) is 0 Å². The molecular formula is C44H44BNSi. The first-order valence-corrected chi connectivity index (χ1v) is 18.9. The number of benzene rings is 6. The van der Waals surface area contributed by atoms with Crippen LogP contribution in [0.15, 0.2) is 140 Å². The molecule has 6 aromatic rings. The van der Waals surface area contributed by atoms with Gasteiger partial charge >= 0.3 is 6.28 Å². The quantitative estimate of drug-likeness (QED) is 0.166. The van der Waals surface area contributed by atoms with Crippen molar-refractivity contribution in [2.75, 3.05) is 7.05 Å². The largest absolute Gasteiger partial charge is 0.449 e. The lowest BCUT2D eigenvalue weighted by atomic mass is 9.22. The molecule has 47 heavy (non-hydrogen) atoms. The van der Waals surface area contributed by atoms with Crippen molar-refractivity contribution in [2.24, 2.45) is 0 Å². The second-order valence-electron chi connectivity index (χ2n) is 13.8. The van der Waals surface area contributed by atoms with Crippen LogP contribution in [0.5, 0.6) is 0 Å². The number of nitrogens with zero attached hydrogens (tertiary/aromatic N) is 1. The van der Waals surface area contributed by atoms with Gasteiger partial charge in [-0.05, 0) is 57.1 Å².